The number of nitriles is 1. The van der Waals surface area contributed by atoms with Gasteiger partial charge in [0.25, 0.3) is 0 Å². The fourth-order valence-electron chi connectivity index (χ4n) is 2.05. The van der Waals surface area contributed by atoms with E-state index in [4.69, 9.17) is 5.26 Å². The summed E-state index contributed by atoms with van der Waals surface area (Å²) >= 11 is 0. The van der Waals surface area contributed by atoms with Gasteiger partial charge >= 0.3 is 0 Å². The van der Waals surface area contributed by atoms with Crippen molar-refractivity contribution in [2.24, 2.45) is 0 Å². The molecule has 0 radical (unpaired) electrons. The Morgan fingerprint density at radius 1 is 1.28 bits per heavy atom. The van der Waals surface area contributed by atoms with E-state index < -0.39 is 9.84 Å². The molecule has 1 aromatic rings. The highest BCUT2D eigenvalue weighted by Gasteiger charge is 2.24. The van der Waals surface area contributed by atoms with Gasteiger partial charge < -0.3 is 0 Å². The van der Waals surface area contributed by atoms with Crippen molar-refractivity contribution in [3.05, 3.63) is 35.4 Å². The van der Waals surface area contributed by atoms with Crippen molar-refractivity contribution in [2.75, 3.05) is 0 Å². The molecule has 0 fully saturated rings. The topological polar surface area (TPSA) is 57.9 Å². The van der Waals surface area contributed by atoms with Crippen molar-refractivity contribution in [3.63, 3.8) is 0 Å². The van der Waals surface area contributed by atoms with Crippen molar-refractivity contribution >= 4 is 9.84 Å². The molecule has 0 heterocycles. The van der Waals surface area contributed by atoms with E-state index in [1.54, 1.807) is 24.3 Å². The summed E-state index contributed by atoms with van der Waals surface area (Å²) in [6.07, 6.45) is 2.18. The number of benzene rings is 1. The van der Waals surface area contributed by atoms with Gasteiger partial charge in [-0.1, -0.05) is 38.5 Å². The molecule has 1 atom stereocenters. The lowest BCUT2D eigenvalue weighted by molar-refractivity contribution is 0.563. The molecule has 0 bridgehead atoms. The van der Waals surface area contributed by atoms with Gasteiger partial charge in [-0.2, -0.15) is 5.26 Å². The highest BCUT2D eigenvalue weighted by molar-refractivity contribution is 7.91. The summed E-state index contributed by atoms with van der Waals surface area (Å²) in [5.74, 6) is -0.0325. The third kappa shape index (κ3) is 3.58. The maximum Gasteiger partial charge on any atom is 0.157 e. The van der Waals surface area contributed by atoms with Crippen LogP contribution in [0.4, 0.5) is 0 Å². The molecular weight excluding hydrogens is 246 g/mol. The Morgan fingerprint density at radius 3 is 2.50 bits per heavy atom. The summed E-state index contributed by atoms with van der Waals surface area (Å²) in [5.41, 5.74) is 1.06. The van der Waals surface area contributed by atoms with E-state index in [9.17, 15) is 8.42 Å². The smallest absolute Gasteiger partial charge is 0.157 e. The summed E-state index contributed by atoms with van der Waals surface area (Å²) in [6, 6.07) is 8.94. The van der Waals surface area contributed by atoms with Crippen molar-refractivity contribution in [1.82, 2.24) is 0 Å². The van der Waals surface area contributed by atoms with Gasteiger partial charge in [-0.25, -0.2) is 8.42 Å². The molecule has 1 unspecified atom stereocenters. The van der Waals surface area contributed by atoms with Crippen LogP contribution in [-0.2, 0) is 15.6 Å². The van der Waals surface area contributed by atoms with Gasteiger partial charge in [-0.15, -0.1) is 0 Å². The average molecular weight is 265 g/mol. The van der Waals surface area contributed by atoms with Crippen molar-refractivity contribution in [1.29, 1.82) is 5.26 Å². The zero-order valence-electron chi connectivity index (χ0n) is 10.9. The maximum absolute atomic E-state index is 12.3. The monoisotopic (exact) mass is 265 g/mol. The Kier molecular flexibility index (Phi) is 5.36. The predicted molar refractivity (Wildman–Crippen MR) is 72.8 cm³/mol. The van der Waals surface area contributed by atoms with E-state index in [1.165, 1.54) is 0 Å². The largest absolute Gasteiger partial charge is 0.228 e. The first-order valence-electron chi connectivity index (χ1n) is 6.24. The molecule has 0 saturated carbocycles. The number of rotatable bonds is 6. The van der Waals surface area contributed by atoms with Gasteiger partial charge in [0, 0.05) is 0 Å². The minimum absolute atomic E-state index is 0.0325. The van der Waals surface area contributed by atoms with E-state index >= 15 is 0 Å². The highest BCUT2D eigenvalue weighted by Crippen LogP contribution is 2.19. The van der Waals surface area contributed by atoms with Gasteiger partial charge in [0.1, 0.15) is 0 Å². The van der Waals surface area contributed by atoms with E-state index in [1.807, 2.05) is 19.9 Å². The zero-order valence-corrected chi connectivity index (χ0v) is 11.7. The van der Waals surface area contributed by atoms with Crippen LogP contribution < -0.4 is 0 Å². The van der Waals surface area contributed by atoms with E-state index in [0.29, 0.717) is 24.0 Å². The van der Waals surface area contributed by atoms with Gasteiger partial charge in [-0.05, 0) is 24.5 Å². The van der Waals surface area contributed by atoms with Crippen molar-refractivity contribution in [3.8, 4) is 6.07 Å². The number of sulfone groups is 1. The molecule has 3 nitrogen and oxygen atoms in total. The van der Waals surface area contributed by atoms with Crippen LogP contribution >= 0.6 is 0 Å². The SMILES string of the molecule is CCCC(CC)S(=O)(=O)Cc1ccccc1C#N. The molecule has 0 spiro atoms. The minimum atomic E-state index is -3.17. The Balaban J connectivity index is 2.99. The summed E-state index contributed by atoms with van der Waals surface area (Å²) in [5, 5.41) is 8.67. The summed E-state index contributed by atoms with van der Waals surface area (Å²) < 4.78 is 24.6. The summed E-state index contributed by atoms with van der Waals surface area (Å²) in [7, 11) is -3.17. The van der Waals surface area contributed by atoms with Crippen LogP contribution in [-0.4, -0.2) is 13.7 Å². The average Bonchev–Trinajstić information content (AvgIpc) is 2.35. The van der Waals surface area contributed by atoms with Crippen LogP contribution in [0.25, 0.3) is 0 Å². The maximum atomic E-state index is 12.3. The van der Waals surface area contributed by atoms with E-state index in [-0.39, 0.29) is 11.0 Å². The first-order chi connectivity index (χ1) is 8.55. The molecule has 0 aliphatic rings. The molecule has 0 amide bonds. The van der Waals surface area contributed by atoms with E-state index in [0.717, 1.165) is 6.42 Å². The minimum Gasteiger partial charge on any atom is -0.228 e. The Hall–Kier alpha value is -1.34. The molecule has 1 rings (SSSR count). The molecule has 0 N–H and O–H groups in total. The van der Waals surface area contributed by atoms with Crippen LogP contribution in [0.3, 0.4) is 0 Å². The standard InChI is InChI=1S/C14H19NO2S/c1-3-7-14(4-2)18(16,17)11-13-9-6-5-8-12(13)10-15/h5-6,8-9,14H,3-4,7,11H2,1-2H3. The second-order valence-electron chi connectivity index (χ2n) is 4.40. The first kappa shape index (κ1) is 14.7. The van der Waals surface area contributed by atoms with Gasteiger partial charge in [-0.3, -0.25) is 0 Å². The van der Waals surface area contributed by atoms with Crippen molar-refractivity contribution in [2.45, 2.75) is 44.1 Å². The van der Waals surface area contributed by atoms with Gasteiger partial charge in [0.05, 0.1) is 22.6 Å². The summed E-state index contributed by atoms with van der Waals surface area (Å²) in [4.78, 5) is 0. The zero-order chi connectivity index (χ0) is 13.6. The second kappa shape index (κ2) is 6.55. The lowest BCUT2D eigenvalue weighted by Crippen LogP contribution is -2.22. The lowest BCUT2D eigenvalue weighted by Gasteiger charge is -2.15. The molecule has 0 aliphatic heterocycles. The second-order valence-corrected chi connectivity index (χ2v) is 6.68. The molecule has 1 aromatic carbocycles. The van der Waals surface area contributed by atoms with Gasteiger partial charge in [0.2, 0.25) is 0 Å². The molecule has 18 heavy (non-hydrogen) atoms. The fraction of sp³-hybridized carbons (Fsp3) is 0.500. The molecule has 0 aromatic heterocycles. The third-order valence-electron chi connectivity index (χ3n) is 3.07. The lowest BCUT2D eigenvalue weighted by atomic mass is 10.1. The normalized spacial score (nSPS) is 12.9. The Morgan fingerprint density at radius 2 is 1.94 bits per heavy atom. The van der Waals surface area contributed by atoms with Crippen molar-refractivity contribution < 1.29 is 8.42 Å². The van der Waals surface area contributed by atoms with Crippen LogP contribution in [0.15, 0.2) is 24.3 Å². The van der Waals surface area contributed by atoms with Crippen LogP contribution in [0, 0.1) is 11.3 Å². The first-order valence-corrected chi connectivity index (χ1v) is 7.96. The molecule has 0 saturated heterocycles. The number of hydrogen-bond donors (Lipinski definition) is 0. The quantitative estimate of drug-likeness (QED) is 0.794. The third-order valence-corrected chi connectivity index (χ3v) is 5.37. The predicted octanol–water partition coefficient (Wildman–Crippen LogP) is 3.05. The Bertz CT molecular complexity index is 529. The van der Waals surface area contributed by atoms with Crippen LogP contribution in [0.2, 0.25) is 0 Å². The number of nitrogens with zero attached hydrogens (tertiary/aromatic N) is 1. The van der Waals surface area contributed by atoms with E-state index in [2.05, 4.69) is 0 Å². The number of hydrogen-bond acceptors (Lipinski definition) is 3. The Labute approximate surface area is 109 Å². The molecular formula is C14H19NO2S. The highest BCUT2D eigenvalue weighted by atomic mass is 32.2. The van der Waals surface area contributed by atoms with Crippen LogP contribution in [0.5, 0.6) is 0 Å². The molecule has 4 heteroatoms. The van der Waals surface area contributed by atoms with Crippen LogP contribution in [0.1, 0.15) is 44.2 Å². The fourth-order valence-corrected chi connectivity index (χ4v) is 4.07. The molecule has 0 aliphatic carbocycles. The summed E-state index contributed by atoms with van der Waals surface area (Å²) in [6.45, 7) is 3.88. The molecule has 98 valence electrons. The van der Waals surface area contributed by atoms with Gasteiger partial charge in [0.15, 0.2) is 9.84 Å².